The van der Waals surface area contributed by atoms with Crippen LogP contribution in [0.1, 0.15) is 0 Å². The van der Waals surface area contributed by atoms with Crippen molar-refractivity contribution in [3.05, 3.63) is 170 Å². The quantitative estimate of drug-likeness (QED) is 0.172. The van der Waals surface area contributed by atoms with Gasteiger partial charge in [0.2, 0.25) is 0 Å². The molecule has 0 aliphatic rings. The zero-order valence-electron chi connectivity index (χ0n) is 26.2. The molecule has 11 rings (SSSR count). The Kier molecular flexibility index (Phi) is 5.20. The molecule has 0 heteroatoms. The molecule has 0 heterocycles. The van der Waals surface area contributed by atoms with Crippen LogP contribution in [-0.2, 0) is 0 Å². The van der Waals surface area contributed by atoms with Crippen molar-refractivity contribution in [2.75, 3.05) is 0 Å². The Morgan fingerprint density at radius 3 is 1.31 bits per heavy atom. The predicted octanol–water partition coefficient (Wildman–Crippen LogP) is 13.7. The minimum absolute atomic E-state index is 1.24. The molecule has 0 saturated heterocycles. The Morgan fingerprint density at radius 2 is 0.583 bits per heavy atom. The second-order valence-electron chi connectivity index (χ2n) is 13.3. The molecule has 0 bridgehead atoms. The molecule has 11 aromatic rings. The maximum Gasteiger partial charge on any atom is -0.00264 e. The topological polar surface area (TPSA) is 0 Å². The smallest absolute Gasteiger partial charge is 0.00264 e. The predicted molar refractivity (Wildman–Crippen MR) is 209 cm³/mol. The Balaban J connectivity index is 1.05. The Morgan fingerprint density at radius 1 is 0.188 bits per heavy atom. The lowest BCUT2D eigenvalue weighted by atomic mass is 9.90. The monoisotopic (exact) mass is 604 g/mol. The van der Waals surface area contributed by atoms with E-state index in [1.807, 2.05) is 0 Å². The molecular weight excluding hydrogens is 577 g/mol. The fourth-order valence-corrected chi connectivity index (χ4v) is 8.34. The molecule has 220 valence electrons. The highest BCUT2D eigenvalue weighted by atomic mass is 14.2. The van der Waals surface area contributed by atoms with Gasteiger partial charge in [-0.25, -0.2) is 0 Å². The molecule has 48 heavy (non-hydrogen) atoms. The summed E-state index contributed by atoms with van der Waals surface area (Å²) in [6, 6.07) is 63.5. The van der Waals surface area contributed by atoms with E-state index in [4.69, 9.17) is 0 Å². The summed E-state index contributed by atoms with van der Waals surface area (Å²) in [5.74, 6) is 0. The number of benzene rings is 11. The molecule has 0 nitrogen and oxygen atoms in total. The average Bonchev–Trinajstić information content (AvgIpc) is 3.15. The van der Waals surface area contributed by atoms with Gasteiger partial charge in [-0.1, -0.05) is 140 Å². The van der Waals surface area contributed by atoms with Gasteiger partial charge in [-0.2, -0.15) is 0 Å². The van der Waals surface area contributed by atoms with E-state index >= 15 is 0 Å². The molecule has 0 aliphatic carbocycles. The van der Waals surface area contributed by atoms with Crippen LogP contribution in [-0.4, -0.2) is 0 Å². The molecule has 11 aromatic carbocycles. The Labute approximate surface area is 277 Å². The van der Waals surface area contributed by atoms with Gasteiger partial charge in [0, 0.05) is 0 Å². The molecule has 0 fully saturated rings. The maximum atomic E-state index is 2.38. The Bertz CT molecular complexity index is 3040. The van der Waals surface area contributed by atoms with Crippen molar-refractivity contribution in [1.82, 2.24) is 0 Å². The number of rotatable bonds is 2. The largest absolute Gasteiger partial charge is 0.0616 e. The molecule has 0 saturated carbocycles. The summed E-state index contributed by atoms with van der Waals surface area (Å²) < 4.78 is 0. The Hall–Kier alpha value is -6.24. The first-order chi connectivity index (χ1) is 23.7. The molecule has 0 radical (unpaired) electrons. The van der Waals surface area contributed by atoms with E-state index in [0.29, 0.717) is 0 Å². The van der Waals surface area contributed by atoms with E-state index in [0.717, 1.165) is 0 Å². The summed E-state index contributed by atoms with van der Waals surface area (Å²) in [7, 11) is 0. The first kappa shape index (κ1) is 25.9. The van der Waals surface area contributed by atoms with Crippen LogP contribution in [0.25, 0.3) is 108 Å². The lowest BCUT2D eigenvalue weighted by Gasteiger charge is -2.14. The lowest BCUT2D eigenvalue weighted by molar-refractivity contribution is 1.68. The van der Waals surface area contributed by atoms with Gasteiger partial charge in [0.1, 0.15) is 0 Å². The third-order valence-corrected chi connectivity index (χ3v) is 10.7. The van der Waals surface area contributed by atoms with E-state index in [1.165, 1.54) is 108 Å². The number of fused-ring (bicyclic) bond motifs is 8. The van der Waals surface area contributed by atoms with Gasteiger partial charge in [-0.05, 0) is 139 Å². The third-order valence-electron chi connectivity index (χ3n) is 10.7. The van der Waals surface area contributed by atoms with Crippen LogP contribution in [0.4, 0.5) is 0 Å². The highest BCUT2D eigenvalue weighted by Crippen LogP contribution is 2.39. The highest BCUT2D eigenvalue weighted by molar-refractivity contribution is 6.24. The summed E-state index contributed by atoms with van der Waals surface area (Å²) in [5, 5.41) is 20.8. The van der Waals surface area contributed by atoms with E-state index in [-0.39, 0.29) is 0 Å². The molecule has 0 atom stereocenters. The van der Waals surface area contributed by atoms with Gasteiger partial charge in [0.05, 0.1) is 0 Å². The van der Waals surface area contributed by atoms with Crippen LogP contribution < -0.4 is 0 Å². The minimum atomic E-state index is 1.24. The lowest BCUT2D eigenvalue weighted by Crippen LogP contribution is -1.87. The molecule has 0 N–H and O–H groups in total. The van der Waals surface area contributed by atoms with Crippen molar-refractivity contribution < 1.29 is 0 Å². The minimum Gasteiger partial charge on any atom is -0.0616 e. The number of hydrogen-bond acceptors (Lipinski definition) is 0. The van der Waals surface area contributed by atoms with Gasteiger partial charge < -0.3 is 0 Å². The maximum absolute atomic E-state index is 2.38. The molecule has 0 unspecified atom stereocenters. The summed E-state index contributed by atoms with van der Waals surface area (Å²) in [6.45, 7) is 0. The number of hydrogen-bond donors (Lipinski definition) is 0. The fraction of sp³-hybridized carbons (Fsp3) is 0. The van der Waals surface area contributed by atoms with Crippen molar-refractivity contribution in [3.8, 4) is 22.3 Å². The van der Waals surface area contributed by atoms with E-state index in [2.05, 4.69) is 170 Å². The van der Waals surface area contributed by atoms with Crippen LogP contribution in [0.2, 0.25) is 0 Å². The second-order valence-corrected chi connectivity index (χ2v) is 13.3. The molecule has 0 aromatic heterocycles. The standard InChI is InChI=1S/C48H28/c1-2-7-41-29(4-1)18-23-44-43(41)22-19-31-9-14-36(28-46(31)44)35-13-8-30-10-15-37-24-34(20-21-42(37)45(30)27-35)40-25-38-16-11-32-5-3-6-33-12-17-39(26-40)48(38)47(32)33/h1-28H. The van der Waals surface area contributed by atoms with Gasteiger partial charge in [0.25, 0.3) is 0 Å². The van der Waals surface area contributed by atoms with Crippen LogP contribution in [0.3, 0.4) is 0 Å². The summed E-state index contributed by atoms with van der Waals surface area (Å²) in [5.41, 5.74) is 4.99. The van der Waals surface area contributed by atoms with Gasteiger partial charge >= 0.3 is 0 Å². The average molecular weight is 605 g/mol. The van der Waals surface area contributed by atoms with Crippen molar-refractivity contribution in [1.29, 1.82) is 0 Å². The van der Waals surface area contributed by atoms with E-state index < -0.39 is 0 Å². The highest BCUT2D eigenvalue weighted by Gasteiger charge is 2.12. The molecule has 0 aliphatic heterocycles. The van der Waals surface area contributed by atoms with Crippen LogP contribution >= 0.6 is 0 Å². The first-order valence-electron chi connectivity index (χ1n) is 16.7. The molecule has 0 spiro atoms. The fourth-order valence-electron chi connectivity index (χ4n) is 8.34. The van der Waals surface area contributed by atoms with Gasteiger partial charge in [0.15, 0.2) is 0 Å². The van der Waals surface area contributed by atoms with Crippen LogP contribution in [0, 0.1) is 0 Å². The zero-order chi connectivity index (χ0) is 31.3. The van der Waals surface area contributed by atoms with Crippen LogP contribution in [0.15, 0.2) is 170 Å². The van der Waals surface area contributed by atoms with Gasteiger partial charge in [-0.15, -0.1) is 0 Å². The first-order valence-corrected chi connectivity index (χ1v) is 16.7. The van der Waals surface area contributed by atoms with Crippen molar-refractivity contribution in [2.24, 2.45) is 0 Å². The van der Waals surface area contributed by atoms with Crippen molar-refractivity contribution in [2.45, 2.75) is 0 Å². The SMILES string of the molecule is c1ccc2c(c1)ccc1c3cc(-c4ccc5ccc6cc(-c7cc8ccc9cccc%10ccc(c7)c8c9%10)ccc6c5c4)ccc3ccc21. The third kappa shape index (κ3) is 3.72. The van der Waals surface area contributed by atoms with Crippen molar-refractivity contribution in [3.63, 3.8) is 0 Å². The summed E-state index contributed by atoms with van der Waals surface area (Å²) >= 11 is 0. The van der Waals surface area contributed by atoms with E-state index in [9.17, 15) is 0 Å². The summed E-state index contributed by atoms with van der Waals surface area (Å²) in [4.78, 5) is 0. The zero-order valence-corrected chi connectivity index (χ0v) is 26.2. The molecule has 0 amide bonds. The van der Waals surface area contributed by atoms with Crippen LogP contribution in [0.5, 0.6) is 0 Å². The van der Waals surface area contributed by atoms with Gasteiger partial charge in [-0.3, -0.25) is 0 Å². The summed E-state index contributed by atoms with van der Waals surface area (Å²) in [6.07, 6.45) is 0. The van der Waals surface area contributed by atoms with Crippen molar-refractivity contribution >= 4 is 86.2 Å². The second kappa shape index (κ2) is 9.64. The normalized spacial score (nSPS) is 12.2. The van der Waals surface area contributed by atoms with E-state index in [1.54, 1.807) is 0 Å². The molecular formula is C48H28.